The van der Waals surface area contributed by atoms with Gasteiger partial charge in [0.1, 0.15) is 0 Å². The number of anilines is 1. The lowest BCUT2D eigenvalue weighted by Crippen LogP contribution is -2.36. The first kappa shape index (κ1) is 10.6. The molecule has 0 atom stereocenters. The zero-order valence-electron chi connectivity index (χ0n) is 9.07. The van der Waals surface area contributed by atoms with Crippen molar-refractivity contribution >= 4 is 33.6 Å². The van der Waals surface area contributed by atoms with E-state index < -0.39 is 0 Å². The maximum Gasteiger partial charge on any atom is 0.186 e. The van der Waals surface area contributed by atoms with Gasteiger partial charge >= 0.3 is 0 Å². The summed E-state index contributed by atoms with van der Waals surface area (Å²) in [6.07, 6.45) is 3.32. The molecule has 1 saturated heterocycles. The first-order valence-electron chi connectivity index (χ1n) is 5.70. The number of nitrogens with zero attached hydrogens (tertiary/aromatic N) is 2. The number of morpholine rings is 1. The number of fused-ring (bicyclic) bond motifs is 1. The molecule has 86 valence electrons. The fourth-order valence-corrected chi connectivity index (χ4v) is 3.66. The highest BCUT2D eigenvalue weighted by atomic mass is 32.1. The Balaban J connectivity index is 1.88. The molecule has 3 nitrogen and oxygen atoms in total. The Morgan fingerprint density at radius 2 is 2.06 bits per heavy atom. The largest absolute Gasteiger partial charge is 0.378 e. The van der Waals surface area contributed by atoms with Crippen LogP contribution in [-0.2, 0) is 11.2 Å². The molecule has 1 aromatic heterocycles. The number of aryl methyl sites for hydroxylation is 1. The summed E-state index contributed by atoms with van der Waals surface area (Å²) in [5.74, 6) is 0. The zero-order valence-corrected chi connectivity index (χ0v) is 10.7. The van der Waals surface area contributed by atoms with E-state index in [1.807, 2.05) is 0 Å². The average Bonchev–Trinajstić information content (AvgIpc) is 2.76. The number of thiazole rings is 1. The number of aromatic nitrogens is 1. The van der Waals surface area contributed by atoms with Gasteiger partial charge in [-0.15, -0.1) is 0 Å². The summed E-state index contributed by atoms with van der Waals surface area (Å²) in [6, 6.07) is 0. The van der Waals surface area contributed by atoms with E-state index in [1.54, 1.807) is 11.3 Å². The monoisotopic (exact) mass is 254 g/mol. The van der Waals surface area contributed by atoms with E-state index in [0.717, 1.165) is 55.6 Å². The Labute approximate surface area is 104 Å². The van der Waals surface area contributed by atoms with E-state index in [2.05, 4.69) is 4.90 Å². The molecule has 0 N–H and O–H groups in total. The lowest BCUT2D eigenvalue weighted by molar-refractivity contribution is 0.122. The molecule has 0 unspecified atom stereocenters. The highest BCUT2D eigenvalue weighted by Crippen LogP contribution is 2.32. The predicted molar refractivity (Wildman–Crippen MR) is 69.8 cm³/mol. The molecule has 0 radical (unpaired) electrons. The molecule has 5 heteroatoms. The third-order valence-electron chi connectivity index (χ3n) is 3.04. The second-order valence-electron chi connectivity index (χ2n) is 4.15. The summed E-state index contributed by atoms with van der Waals surface area (Å²) in [4.78, 5) is 9.42. The van der Waals surface area contributed by atoms with Gasteiger partial charge in [0.15, 0.2) is 5.13 Å². The summed E-state index contributed by atoms with van der Waals surface area (Å²) >= 11 is 7.17. The Morgan fingerprint density at radius 1 is 1.25 bits per heavy atom. The topological polar surface area (TPSA) is 25.4 Å². The van der Waals surface area contributed by atoms with Crippen LogP contribution in [0.2, 0.25) is 0 Å². The number of hydrogen-bond acceptors (Lipinski definition) is 5. The fraction of sp³-hybridized carbons (Fsp3) is 0.636. The molecule has 3 rings (SSSR count). The van der Waals surface area contributed by atoms with Crippen LogP contribution >= 0.6 is 23.6 Å². The van der Waals surface area contributed by atoms with Crippen LogP contribution in [0.15, 0.2) is 0 Å². The van der Waals surface area contributed by atoms with Crippen molar-refractivity contribution in [2.45, 2.75) is 19.3 Å². The van der Waals surface area contributed by atoms with Crippen LogP contribution in [0, 0.1) is 0 Å². The van der Waals surface area contributed by atoms with Gasteiger partial charge in [0.2, 0.25) is 0 Å². The summed E-state index contributed by atoms with van der Waals surface area (Å²) in [6.45, 7) is 3.54. The van der Waals surface area contributed by atoms with Gasteiger partial charge in [0.25, 0.3) is 0 Å². The van der Waals surface area contributed by atoms with Gasteiger partial charge in [-0.25, -0.2) is 4.98 Å². The molecule has 1 fully saturated rings. The predicted octanol–water partition coefficient (Wildman–Crippen LogP) is 2.03. The molecular weight excluding hydrogens is 240 g/mol. The third kappa shape index (κ3) is 1.87. The molecule has 1 aliphatic heterocycles. The summed E-state index contributed by atoms with van der Waals surface area (Å²) in [5, 5.41) is 1.14. The number of rotatable bonds is 1. The summed E-state index contributed by atoms with van der Waals surface area (Å²) in [5.41, 5.74) is 1.22. The first-order valence-corrected chi connectivity index (χ1v) is 6.92. The molecule has 0 saturated carbocycles. The van der Waals surface area contributed by atoms with Crippen LogP contribution in [0.1, 0.15) is 23.4 Å². The van der Waals surface area contributed by atoms with Crippen molar-refractivity contribution in [2.75, 3.05) is 31.2 Å². The van der Waals surface area contributed by atoms with Crippen LogP contribution in [0.4, 0.5) is 5.13 Å². The molecule has 0 amide bonds. The second kappa shape index (κ2) is 4.39. The summed E-state index contributed by atoms with van der Waals surface area (Å²) < 4.78 is 5.35. The Hall–Kier alpha value is -0.520. The molecule has 16 heavy (non-hydrogen) atoms. The Bertz CT molecular complexity index is 410. The minimum atomic E-state index is 0.814. The molecule has 0 aromatic carbocycles. The van der Waals surface area contributed by atoms with E-state index in [4.69, 9.17) is 21.9 Å². The van der Waals surface area contributed by atoms with Gasteiger partial charge < -0.3 is 9.64 Å². The standard InChI is InChI=1S/C11H14N2OS2/c15-9-3-1-2-8-10(9)16-11(12-8)13-4-6-14-7-5-13/h1-7H2. The minimum absolute atomic E-state index is 0.814. The van der Waals surface area contributed by atoms with E-state index in [1.165, 1.54) is 10.6 Å². The van der Waals surface area contributed by atoms with Crippen LogP contribution in [0.25, 0.3) is 0 Å². The smallest absolute Gasteiger partial charge is 0.186 e. The normalized spacial score (nSPS) is 21.0. The highest BCUT2D eigenvalue weighted by Gasteiger charge is 2.22. The van der Waals surface area contributed by atoms with Gasteiger partial charge in [0.05, 0.1) is 23.8 Å². The van der Waals surface area contributed by atoms with Gasteiger partial charge in [-0.2, -0.15) is 0 Å². The van der Waals surface area contributed by atoms with Crippen molar-refractivity contribution in [2.24, 2.45) is 0 Å². The minimum Gasteiger partial charge on any atom is -0.378 e. The Morgan fingerprint density at radius 3 is 2.81 bits per heavy atom. The third-order valence-corrected chi connectivity index (χ3v) is 4.79. The number of ether oxygens (including phenoxy) is 1. The summed E-state index contributed by atoms with van der Waals surface area (Å²) in [7, 11) is 0. The van der Waals surface area contributed by atoms with E-state index in [9.17, 15) is 0 Å². The maximum absolute atomic E-state index is 5.40. The second-order valence-corrected chi connectivity index (χ2v) is 5.62. The molecule has 0 spiro atoms. The molecule has 1 aromatic rings. The molecule has 0 bridgehead atoms. The maximum atomic E-state index is 5.40. The zero-order chi connectivity index (χ0) is 11.0. The van der Waals surface area contributed by atoms with Gasteiger partial charge in [0, 0.05) is 18.0 Å². The fourth-order valence-electron chi connectivity index (χ4n) is 2.15. The molecule has 1 aliphatic carbocycles. The Kier molecular flexibility index (Phi) is 2.91. The lowest BCUT2D eigenvalue weighted by atomic mass is 10.0. The van der Waals surface area contributed by atoms with Crippen molar-refractivity contribution in [1.82, 2.24) is 4.98 Å². The average molecular weight is 254 g/mol. The van der Waals surface area contributed by atoms with Crippen LogP contribution in [0.3, 0.4) is 0 Å². The van der Waals surface area contributed by atoms with Crippen molar-refractivity contribution in [3.05, 3.63) is 10.6 Å². The highest BCUT2D eigenvalue weighted by molar-refractivity contribution is 7.81. The van der Waals surface area contributed by atoms with E-state index in [-0.39, 0.29) is 0 Å². The molecule has 2 heterocycles. The molecular formula is C11H14N2OS2. The van der Waals surface area contributed by atoms with Crippen LogP contribution in [-0.4, -0.2) is 36.2 Å². The lowest BCUT2D eigenvalue weighted by Gasteiger charge is -2.26. The van der Waals surface area contributed by atoms with Crippen LogP contribution < -0.4 is 4.90 Å². The van der Waals surface area contributed by atoms with Crippen molar-refractivity contribution in [3.8, 4) is 0 Å². The van der Waals surface area contributed by atoms with E-state index in [0.29, 0.717) is 0 Å². The quantitative estimate of drug-likeness (QED) is 0.716. The number of thiocarbonyl (C=S) groups is 1. The number of hydrogen-bond donors (Lipinski definition) is 0. The van der Waals surface area contributed by atoms with Crippen molar-refractivity contribution in [3.63, 3.8) is 0 Å². The van der Waals surface area contributed by atoms with E-state index >= 15 is 0 Å². The van der Waals surface area contributed by atoms with Gasteiger partial charge in [-0.05, 0) is 19.3 Å². The molecule has 2 aliphatic rings. The SMILES string of the molecule is S=C1CCCc2nc(N3CCOCC3)sc21. The first-order chi connectivity index (χ1) is 7.84. The van der Waals surface area contributed by atoms with Crippen molar-refractivity contribution < 1.29 is 4.74 Å². The van der Waals surface area contributed by atoms with Crippen LogP contribution in [0.5, 0.6) is 0 Å². The van der Waals surface area contributed by atoms with Gasteiger partial charge in [-0.1, -0.05) is 23.6 Å². The van der Waals surface area contributed by atoms with Crippen molar-refractivity contribution in [1.29, 1.82) is 0 Å². The van der Waals surface area contributed by atoms with Gasteiger partial charge in [-0.3, -0.25) is 0 Å².